The molecule has 0 saturated carbocycles. The van der Waals surface area contributed by atoms with Gasteiger partial charge < -0.3 is 9.88 Å². The van der Waals surface area contributed by atoms with Crippen LogP contribution in [0.3, 0.4) is 0 Å². The number of imide groups is 1. The molecule has 2 N–H and O–H groups in total. The topological polar surface area (TPSA) is 102 Å². The van der Waals surface area contributed by atoms with Gasteiger partial charge in [0.05, 0.1) is 11.3 Å². The van der Waals surface area contributed by atoms with E-state index in [1.165, 1.54) is 0 Å². The van der Waals surface area contributed by atoms with Gasteiger partial charge in [0.25, 0.3) is 0 Å². The Hall–Kier alpha value is -3.46. The summed E-state index contributed by atoms with van der Waals surface area (Å²) in [6.07, 6.45) is 0.957. The molecule has 4 aromatic rings. The van der Waals surface area contributed by atoms with E-state index in [0.717, 1.165) is 57.9 Å². The molecule has 164 valence electrons. The Morgan fingerprint density at radius 1 is 1.09 bits per heavy atom. The highest BCUT2D eigenvalue weighted by molar-refractivity contribution is 7.99. The van der Waals surface area contributed by atoms with Gasteiger partial charge in [-0.05, 0) is 38.0 Å². The average molecular weight is 449 g/mol. The Bertz CT molecular complexity index is 1320. The van der Waals surface area contributed by atoms with Crippen LogP contribution in [-0.4, -0.2) is 37.4 Å². The van der Waals surface area contributed by atoms with Crippen LogP contribution >= 0.6 is 11.8 Å². The number of para-hydroxylation sites is 1. The van der Waals surface area contributed by atoms with Gasteiger partial charge in [-0.3, -0.25) is 10.1 Å². The second kappa shape index (κ2) is 9.35. The number of nitrogens with zero attached hydrogens (tertiary/aromatic N) is 4. The van der Waals surface area contributed by atoms with E-state index in [1.807, 2.05) is 56.3 Å². The first kappa shape index (κ1) is 21.8. The highest BCUT2D eigenvalue weighted by Crippen LogP contribution is 2.27. The van der Waals surface area contributed by atoms with E-state index in [2.05, 4.69) is 37.3 Å². The number of aryl methyl sites for hydroxylation is 3. The Labute approximate surface area is 189 Å². The van der Waals surface area contributed by atoms with Crippen molar-refractivity contribution in [2.45, 2.75) is 38.9 Å². The van der Waals surface area contributed by atoms with E-state index in [1.54, 1.807) is 0 Å². The standard InChI is InChI=1S/C23H24N6O2S/c1-4-11-29-18-8-6-5-7-16(18)20-21(29)26-23(28-27-20)32-13-19(30)25-22(31)24-17-10-9-14(2)12-15(17)3/h5-10,12H,4,11,13H2,1-3H3,(H2,24,25,30,31). The fourth-order valence-electron chi connectivity index (χ4n) is 3.60. The first-order valence-corrected chi connectivity index (χ1v) is 11.4. The summed E-state index contributed by atoms with van der Waals surface area (Å²) in [6.45, 7) is 6.80. The largest absolute Gasteiger partial charge is 0.325 e. The van der Waals surface area contributed by atoms with Gasteiger partial charge in [-0.25, -0.2) is 9.78 Å². The van der Waals surface area contributed by atoms with Crippen molar-refractivity contribution in [2.75, 3.05) is 11.1 Å². The maximum atomic E-state index is 12.3. The molecule has 0 unspecified atom stereocenters. The van der Waals surface area contributed by atoms with Crippen molar-refractivity contribution < 1.29 is 9.59 Å². The molecule has 2 aromatic carbocycles. The van der Waals surface area contributed by atoms with Gasteiger partial charge in [0.2, 0.25) is 11.1 Å². The van der Waals surface area contributed by atoms with Crippen LogP contribution in [0.5, 0.6) is 0 Å². The van der Waals surface area contributed by atoms with Crippen LogP contribution in [-0.2, 0) is 11.3 Å². The molecule has 0 spiro atoms. The molecule has 0 radical (unpaired) electrons. The summed E-state index contributed by atoms with van der Waals surface area (Å²) in [4.78, 5) is 29.1. The Morgan fingerprint density at radius 3 is 2.69 bits per heavy atom. The van der Waals surface area contributed by atoms with Gasteiger partial charge in [-0.2, -0.15) is 0 Å². The fourth-order valence-corrected chi connectivity index (χ4v) is 4.18. The lowest BCUT2D eigenvalue weighted by molar-refractivity contribution is -0.117. The third-order valence-electron chi connectivity index (χ3n) is 5.02. The van der Waals surface area contributed by atoms with Crippen LogP contribution in [0.25, 0.3) is 22.1 Å². The van der Waals surface area contributed by atoms with E-state index in [9.17, 15) is 9.59 Å². The monoisotopic (exact) mass is 448 g/mol. The molecule has 0 saturated heterocycles. The summed E-state index contributed by atoms with van der Waals surface area (Å²) in [7, 11) is 0. The number of amides is 3. The van der Waals surface area contributed by atoms with Crippen LogP contribution in [0.1, 0.15) is 24.5 Å². The van der Waals surface area contributed by atoms with Crippen LogP contribution in [0, 0.1) is 13.8 Å². The van der Waals surface area contributed by atoms with E-state index < -0.39 is 11.9 Å². The Balaban J connectivity index is 1.43. The highest BCUT2D eigenvalue weighted by Gasteiger charge is 2.16. The minimum absolute atomic E-state index is 0.00148. The lowest BCUT2D eigenvalue weighted by Crippen LogP contribution is -2.35. The number of urea groups is 1. The maximum Gasteiger partial charge on any atom is 0.325 e. The first-order valence-electron chi connectivity index (χ1n) is 10.4. The number of carbonyl (C=O) groups excluding carboxylic acids is 2. The second-order valence-electron chi connectivity index (χ2n) is 7.54. The van der Waals surface area contributed by atoms with E-state index in [4.69, 9.17) is 0 Å². The molecule has 0 aliphatic heterocycles. The van der Waals surface area contributed by atoms with Crippen molar-refractivity contribution in [1.82, 2.24) is 25.1 Å². The summed E-state index contributed by atoms with van der Waals surface area (Å²) in [5, 5.41) is 15.0. The van der Waals surface area contributed by atoms with Crippen molar-refractivity contribution in [3.05, 3.63) is 53.6 Å². The van der Waals surface area contributed by atoms with Crippen molar-refractivity contribution in [2.24, 2.45) is 0 Å². The molecule has 9 heteroatoms. The molecule has 8 nitrogen and oxygen atoms in total. The molecule has 0 aliphatic carbocycles. The zero-order valence-corrected chi connectivity index (χ0v) is 19.0. The summed E-state index contributed by atoms with van der Waals surface area (Å²) in [5.74, 6) is -0.434. The van der Waals surface area contributed by atoms with Gasteiger partial charge in [-0.1, -0.05) is 54.6 Å². The molecule has 4 rings (SSSR count). The van der Waals surface area contributed by atoms with Crippen LogP contribution in [0.2, 0.25) is 0 Å². The summed E-state index contributed by atoms with van der Waals surface area (Å²) >= 11 is 1.14. The third-order valence-corrected chi connectivity index (χ3v) is 5.85. The molecule has 2 aromatic heterocycles. The number of aromatic nitrogens is 4. The number of benzene rings is 2. The normalized spacial score (nSPS) is 11.1. The fraction of sp³-hybridized carbons (Fsp3) is 0.261. The van der Waals surface area contributed by atoms with Gasteiger partial charge in [0, 0.05) is 17.6 Å². The minimum atomic E-state index is -0.569. The number of carbonyl (C=O) groups is 2. The van der Waals surface area contributed by atoms with Crippen LogP contribution in [0.4, 0.5) is 10.5 Å². The van der Waals surface area contributed by atoms with Crippen molar-refractivity contribution in [3.63, 3.8) is 0 Å². The molecule has 0 fully saturated rings. The zero-order valence-electron chi connectivity index (χ0n) is 18.2. The lowest BCUT2D eigenvalue weighted by Gasteiger charge is -2.09. The van der Waals surface area contributed by atoms with Crippen molar-refractivity contribution in [1.29, 1.82) is 0 Å². The summed E-state index contributed by atoms with van der Waals surface area (Å²) < 4.78 is 2.13. The molecule has 0 bridgehead atoms. The maximum absolute atomic E-state index is 12.3. The molecule has 32 heavy (non-hydrogen) atoms. The summed E-state index contributed by atoms with van der Waals surface area (Å²) in [6, 6.07) is 13.1. The molecule has 0 aliphatic rings. The number of anilines is 1. The molecule has 0 atom stereocenters. The summed E-state index contributed by atoms with van der Waals surface area (Å²) in [5.41, 5.74) is 5.25. The number of fused-ring (bicyclic) bond motifs is 3. The van der Waals surface area contributed by atoms with E-state index >= 15 is 0 Å². The third kappa shape index (κ3) is 4.57. The molecular formula is C23H24N6O2S. The zero-order chi connectivity index (χ0) is 22.7. The van der Waals surface area contributed by atoms with E-state index in [-0.39, 0.29) is 5.75 Å². The number of hydrogen-bond donors (Lipinski definition) is 2. The van der Waals surface area contributed by atoms with Crippen molar-refractivity contribution >= 4 is 51.5 Å². The predicted molar refractivity (Wildman–Crippen MR) is 127 cm³/mol. The number of nitrogens with one attached hydrogen (secondary N) is 2. The van der Waals surface area contributed by atoms with Gasteiger partial charge in [0.15, 0.2) is 5.65 Å². The Kier molecular flexibility index (Phi) is 6.36. The number of hydrogen-bond acceptors (Lipinski definition) is 6. The number of rotatable bonds is 6. The minimum Gasteiger partial charge on any atom is -0.324 e. The second-order valence-corrected chi connectivity index (χ2v) is 8.49. The number of thioether (sulfide) groups is 1. The van der Waals surface area contributed by atoms with Crippen LogP contribution in [0.15, 0.2) is 47.6 Å². The van der Waals surface area contributed by atoms with Gasteiger partial charge >= 0.3 is 6.03 Å². The predicted octanol–water partition coefficient (Wildman–Crippen LogP) is 4.45. The quantitative estimate of drug-likeness (QED) is 0.423. The van der Waals surface area contributed by atoms with Gasteiger partial charge in [-0.15, -0.1) is 10.2 Å². The average Bonchev–Trinajstić information content (AvgIpc) is 3.08. The molecular weight excluding hydrogens is 424 g/mol. The first-order chi connectivity index (χ1) is 15.5. The van der Waals surface area contributed by atoms with Crippen molar-refractivity contribution in [3.8, 4) is 0 Å². The lowest BCUT2D eigenvalue weighted by atomic mass is 10.1. The van der Waals surface area contributed by atoms with E-state index in [0.29, 0.717) is 10.8 Å². The SMILES string of the molecule is CCCn1c2ccccc2c2nnc(SCC(=O)NC(=O)Nc3ccc(C)cc3C)nc21. The molecule has 2 heterocycles. The van der Waals surface area contributed by atoms with Crippen LogP contribution < -0.4 is 10.6 Å². The Morgan fingerprint density at radius 2 is 1.91 bits per heavy atom. The highest BCUT2D eigenvalue weighted by atomic mass is 32.2. The van der Waals surface area contributed by atoms with Gasteiger partial charge in [0.1, 0.15) is 5.52 Å². The smallest absolute Gasteiger partial charge is 0.324 e. The molecule has 3 amide bonds.